The fourth-order valence-corrected chi connectivity index (χ4v) is 3.58. The molecule has 0 saturated heterocycles. The third-order valence-corrected chi connectivity index (χ3v) is 5.32. The van der Waals surface area contributed by atoms with E-state index in [0.29, 0.717) is 22.0 Å². The van der Waals surface area contributed by atoms with Gasteiger partial charge in [0.05, 0.1) is 30.2 Å². The Labute approximate surface area is 168 Å². The first-order valence-corrected chi connectivity index (χ1v) is 9.40. The Morgan fingerprint density at radius 1 is 1.21 bits per heavy atom. The van der Waals surface area contributed by atoms with Gasteiger partial charge in [-0.25, -0.2) is 0 Å². The van der Waals surface area contributed by atoms with E-state index in [9.17, 15) is 4.79 Å². The number of fused-ring (bicyclic) bond motifs is 1. The molecule has 0 atom stereocenters. The van der Waals surface area contributed by atoms with Crippen LogP contribution in [-0.2, 0) is 6.42 Å². The molecule has 6 heteroatoms. The van der Waals surface area contributed by atoms with Crippen molar-refractivity contribution in [3.63, 3.8) is 0 Å². The molecule has 1 N–H and O–H groups in total. The lowest BCUT2D eigenvalue weighted by molar-refractivity contribution is 0.102. The minimum absolute atomic E-state index is 0.248. The highest BCUT2D eigenvalue weighted by atomic mass is 35.5. The molecule has 3 aromatic rings. The number of benzene rings is 2. The molecule has 0 fully saturated rings. The molecule has 0 unspecified atom stereocenters. The third kappa shape index (κ3) is 3.41. The highest BCUT2D eigenvalue weighted by Gasteiger charge is 2.21. The number of aromatic nitrogens is 1. The molecule has 1 amide bonds. The summed E-state index contributed by atoms with van der Waals surface area (Å²) in [5, 5.41) is 3.49. The number of hydrogen-bond acceptors (Lipinski definition) is 4. The summed E-state index contributed by atoms with van der Waals surface area (Å²) in [4.78, 5) is 19.3. The predicted octanol–water partition coefficient (Wildman–Crippen LogP) is 5.00. The Kier molecular flexibility index (Phi) is 4.92. The van der Waals surface area contributed by atoms with E-state index in [1.54, 1.807) is 31.6 Å². The van der Waals surface area contributed by atoms with Gasteiger partial charge in [0, 0.05) is 29.5 Å². The summed E-state index contributed by atoms with van der Waals surface area (Å²) in [6.45, 7) is 2.75. The van der Waals surface area contributed by atoms with E-state index in [4.69, 9.17) is 16.3 Å². The average Bonchev–Trinajstić information content (AvgIpc) is 3.15. The van der Waals surface area contributed by atoms with Crippen LogP contribution in [0.15, 0.2) is 54.9 Å². The van der Waals surface area contributed by atoms with Crippen molar-refractivity contribution in [1.82, 2.24) is 4.98 Å². The van der Waals surface area contributed by atoms with Crippen LogP contribution in [0, 0.1) is 6.92 Å². The number of aryl methyl sites for hydroxylation is 1. The molecule has 1 aliphatic heterocycles. The monoisotopic (exact) mass is 393 g/mol. The second-order valence-corrected chi connectivity index (χ2v) is 7.13. The quantitative estimate of drug-likeness (QED) is 0.677. The smallest absolute Gasteiger partial charge is 0.257 e. The zero-order chi connectivity index (χ0) is 19.7. The summed E-state index contributed by atoms with van der Waals surface area (Å²) in [5.74, 6) is 0.267. The van der Waals surface area contributed by atoms with Crippen molar-refractivity contribution in [2.45, 2.75) is 13.3 Å². The van der Waals surface area contributed by atoms with Gasteiger partial charge in [-0.1, -0.05) is 29.8 Å². The highest BCUT2D eigenvalue weighted by molar-refractivity contribution is 6.31. The fourth-order valence-electron chi connectivity index (χ4n) is 3.43. The number of ether oxygens (including phenoxy) is 1. The first kappa shape index (κ1) is 18.3. The average molecular weight is 394 g/mol. The number of hydrogen-bond donors (Lipinski definition) is 1. The van der Waals surface area contributed by atoms with Crippen molar-refractivity contribution in [3.8, 4) is 5.75 Å². The van der Waals surface area contributed by atoms with Crippen LogP contribution in [-0.4, -0.2) is 24.5 Å². The van der Waals surface area contributed by atoms with Crippen LogP contribution in [0.3, 0.4) is 0 Å². The van der Waals surface area contributed by atoms with Crippen molar-refractivity contribution in [1.29, 1.82) is 0 Å². The van der Waals surface area contributed by atoms with Gasteiger partial charge in [0.1, 0.15) is 5.75 Å². The number of methoxy groups -OCH3 is 1. The van der Waals surface area contributed by atoms with Crippen LogP contribution < -0.4 is 15.0 Å². The molecule has 142 valence electrons. The maximum atomic E-state index is 12.8. The van der Waals surface area contributed by atoms with Gasteiger partial charge < -0.3 is 15.0 Å². The number of rotatable bonds is 4. The Balaban J connectivity index is 1.60. The number of para-hydroxylation sites is 1. The van der Waals surface area contributed by atoms with Crippen LogP contribution in [0.2, 0.25) is 5.02 Å². The zero-order valence-corrected chi connectivity index (χ0v) is 16.5. The summed E-state index contributed by atoms with van der Waals surface area (Å²) in [7, 11) is 1.55. The minimum atomic E-state index is -0.248. The molecule has 0 spiro atoms. The molecule has 2 heterocycles. The number of amides is 1. The van der Waals surface area contributed by atoms with E-state index in [2.05, 4.69) is 27.3 Å². The lowest BCUT2D eigenvalue weighted by Gasteiger charge is -2.19. The number of carbonyl (C=O) groups is 1. The van der Waals surface area contributed by atoms with E-state index >= 15 is 0 Å². The molecule has 0 radical (unpaired) electrons. The second kappa shape index (κ2) is 7.52. The van der Waals surface area contributed by atoms with Crippen LogP contribution in [0.5, 0.6) is 5.75 Å². The molecule has 28 heavy (non-hydrogen) atoms. The first-order valence-electron chi connectivity index (χ1n) is 9.03. The summed E-state index contributed by atoms with van der Waals surface area (Å²) in [6, 6.07) is 13.7. The van der Waals surface area contributed by atoms with Gasteiger partial charge in [-0.2, -0.15) is 0 Å². The van der Waals surface area contributed by atoms with Gasteiger partial charge in [-0.15, -0.1) is 0 Å². The highest BCUT2D eigenvalue weighted by Crippen LogP contribution is 2.35. The topological polar surface area (TPSA) is 54.5 Å². The van der Waals surface area contributed by atoms with E-state index in [1.165, 1.54) is 5.56 Å². The van der Waals surface area contributed by atoms with Crippen LogP contribution >= 0.6 is 11.6 Å². The molecule has 0 saturated carbocycles. The summed E-state index contributed by atoms with van der Waals surface area (Å²) in [5.41, 5.74) is 5.29. The molecule has 1 aliphatic rings. The number of anilines is 3. The van der Waals surface area contributed by atoms with Crippen LogP contribution in [0.1, 0.15) is 21.5 Å². The zero-order valence-electron chi connectivity index (χ0n) is 15.7. The summed E-state index contributed by atoms with van der Waals surface area (Å²) < 4.78 is 5.34. The van der Waals surface area contributed by atoms with E-state index in [-0.39, 0.29) is 5.91 Å². The predicted molar refractivity (Wildman–Crippen MR) is 112 cm³/mol. The molecule has 5 nitrogen and oxygen atoms in total. The van der Waals surface area contributed by atoms with Gasteiger partial charge in [0.15, 0.2) is 0 Å². The van der Waals surface area contributed by atoms with E-state index in [0.717, 1.165) is 29.9 Å². The number of halogens is 1. The van der Waals surface area contributed by atoms with Crippen molar-refractivity contribution in [3.05, 3.63) is 76.6 Å². The van der Waals surface area contributed by atoms with Crippen LogP contribution in [0.4, 0.5) is 17.1 Å². The first-order chi connectivity index (χ1) is 13.6. The van der Waals surface area contributed by atoms with Crippen molar-refractivity contribution >= 4 is 34.6 Å². The van der Waals surface area contributed by atoms with Crippen LogP contribution in [0.25, 0.3) is 0 Å². The maximum Gasteiger partial charge on any atom is 0.257 e. The molecule has 2 aromatic carbocycles. The number of pyridine rings is 1. The Bertz CT molecular complexity index is 1050. The standard InChI is InChI=1S/C22H20ClN3O2/c1-14-9-19(21(28-2)11-18(14)23)25-22(27)16-10-17(13-24-12-16)26-8-7-15-5-3-4-6-20(15)26/h3-6,9-13H,7-8H2,1-2H3,(H,25,27). The molecule has 1 aromatic heterocycles. The molecule has 0 bridgehead atoms. The normalized spacial score (nSPS) is 12.6. The lowest BCUT2D eigenvalue weighted by atomic mass is 10.1. The summed E-state index contributed by atoms with van der Waals surface area (Å²) >= 11 is 6.14. The largest absolute Gasteiger partial charge is 0.495 e. The van der Waals surface area contributed by atoms with Gasteiger partial charge >= 0.3 is 0 Å². The van der Waals surface area contributed by atoms with Crippen molar-refractivity contribution < 1.29 is 9.53 Å². The summed E-state index contributed by atoms with van der Waals surface area (Å²) in [6.07, 6.45) is 4.33. The number of carbonyl (C=O) groups excluding carboxylic acids is 1. The van der Waals surface area contributed by atoms with E-state index in [1.807, 2.05) is 25.1 Å². The fraction of sp³-hybridized carbons (Fsp3) is 0.182. The maximum absolute atomic E-state index is 12.8. The van der Waals surface area contributed by atoms with Crippen molar-refractivity contribution in [2.75, 3.05) is 23.9 Å². The molecular weight excluding hydrogens is 374 g/mol. The minimum Gasteiger partial charge on any atom is -0.495 e. The van der Waals surface area contributed by atoms with Gasteiger partial charge in [-0.3, -0.25) is 9.78 Å². The SMILES string of the molecule is COc1cc(Cl)c(C)cc1NC(=O)c1cncc(N2CCc3ccccc32)c1. The lowest BCUT2D eigenvalue weighted by Crippen LogP contribution is -2.17. The van der Waals surface area contributed by atoms with E-state index < -0.39 is 0 Å². The Morgan fingerprint density at radius 3 is 2.86 bits per heavy atom. The van der Waals surface area contributed by atoms with Gasteiger partial charge in [-0.05, 0) is 42.7 Å². The van der Waals surface area contributed by atoms with Gasteiger partial charge in [0.25, 0.3) is 5.91 Å². The number of nitrogens with zero attached hydrogens (tertiary/aromatic N) is 2. The third-order valence-electron chi connectivity index (χ3n) is 4.91. The molecule has 0 aliphatic carbocycles. The molecular formula is C22H20ClN3O2. The Hall–Kier alpha value is -3.05. The van der Waals surface area contributed by atoms with Crippen molar-refractivity contribution in [2.24, 2.45) is 0 Å². The second-order valence-electron chi connectivity index (χ2n) is 6.72. The number of nitrogens with one attached hydrogen (secondary N) is 1. The van der Waals surface area contributed by atoms with Gasteiger partial charge in [0.2, 0.25) is 0 Å². The molecule has 4 rings (SSSR count). The Morgan fingerprint density at radius 2 is 2.04 bits per heavy atom.